The van der Waals surface area contributed by atoms with Crippen LogP contribution in [0.5, 0.6) is 0 Å². The van der Waals surface area contributed by atoms with E-state index in [2.05, 4.69) is 13.8 Å². The van der Waals surface area contributed by atoms with Crippen molar-refractivity contribution in [2.45, 2.75) is 58.7 Å². The topological polar surface area (TPSA) is 55.6 Å². The molecule has 1 aliphatic heterocycles. The smallest absolute Gasteiger partial charge is 0.410 e. The summed E-state index contributed by atoms with van der Waals surface area (Å²) in [6.45, 7) is 10.5. The molecule has 2 N–H and O–H groups in total. The van der Waals surface area contributed by atoms with Crippen LogP contribution in [0.3, 0.4) is 0 Å². The van der Waals surface area contributed by atoms with Gasteiger partial charge in [-0.2, -0.15) is 0 Å². The third kappa shape index (κ3) is 3.37. The van der Waals surface area contributed by atoms with Gasteiger partial charge in [-0.25, -0.2) is 4.79 Å². The number of amides is 1. The Morgan fingerprint density at radius 1 is 1.44 bits per heavy atom. The van der Waals surface area contributed by atoms with Crippen molar-refractivity contribution in [3.63, 3.8) is 0 Å². The van der Waals surface area contributed by atoms with E-state index in [0.717, 1.165) is 6.42 Å². The van der Waals surface area contributed by atoms with E-state index < -0.39 is 5.60 Å². The second kappa shape index (κ2) is 4.62. The number of ether oxygens (including phenoxy) is 1. The Bertz CT molecular complexity index is 258. The zero-order valence-corrected chi connectivity index (χ0v) is 11.0. The SMILES string of the molecule is CC(C)C1CC(N)CN1C(=O)OC(C)(C)C. The van der Waals surface area contributed by atoms with Crippen LogP contribution in [0.15, 0.2) is 0 Å². The Labute approximate surface area is 98.1 Å². The molecule has 0 aromatic rings. The van der Waals surface area contributed by atoms with Gasteiger partial charge in [0.25, 0.3) is 0 Å². The Balaban J connectivity index is 2.67. The first-order valence-electron chi connectivity index (χ1n) is 5.96. The summed E-state index contributed by atoms with van der Waals surface area (Å²) in [6, 6.07) is 0.296. The Morgan fingerprint density at radius 2 is 2.00 bits per heavy atom. The lowest BCUT2D eigenvalue weighted by molar-refractivity contribution is 0.0189. The van der Waals surface area contributed by atoms with Gasteiger partial charge in [-0.3, -0.25) is 0 Å². The third-order valence-electron chi connectivity index (χ3n) is 2.77. The summed E-state index contributed by atoms with van der Waals surface area (Å²) in [7, 11) is 0. The van der Waals surface area contributed by atoms with Crippen LogP contribution >= 0.6 is 0 Å². The highest BCUT2D eigenvalue weighted by Crippen LogP contribution is 2.25. The van der Waals surface area contributed by atoms with Crippen LogP contribution in [0.1, 0.15) is 41.0 Å². The maximum Gasteiger partial charge on any atom is 0.410 e. The number of nitrogens with zero attached hydrogens (tertiary/aromatic N) is 1. The van der Waals surface area contributed by atoms with Gasteiger partial charge in [0.2, 0.25) is 0 Å². The van der Waals surface area contributed by atoms with Gasteiger partial charge in [-0.15, -0.1) is 0 Å². The van der Waals surface area contributed by atoms with Gasteiger partial charge in [0.05, 0.1) is 0 Å². The fourth-order valence-electron chi connectivity index (χ4n) is 2.06. The van der Waals surface area contributed by atoms with E-state index in [1.165, 1.54) is 0 Å². The molecule has 1 heterocycles. The Hall–Kier alpha value is -0.770. The molecule has 1 saturated heterocycles. The minimum Gasteiger partial charge on any atom is -0.444 e. The highest BCUT2D eigenvalue weighted by atomic mass is 16.6. The summed E-state index contributed by atoms with van der Waals surface area (Å²) in [5, 5.41) is 0. The number of nitrogens with two attached hydrogens (primary N) is 1. The first-order valence-corrected chi connectivity index (χ1v) is 5.96. The molecule has 0 spiro atoms. The summed E-state index contributed by atoms with van der Waals surface area (Å²) >= 11 is 0. The maximum atomic E-state index is 12.0. The first-order chi connectivity index (χ1) is 7.20. The molecule has 1 amide bonds. The lowest BCUT2D eigenvalue weighted by atomic mass is 10.0. The van der Waals surface area contributed by atoms with Crippen LogP contribution < -0.4 is 5.73 Å². The molecule has 2 atom stereocenters. The van der Waals surface area contributed by atoms with Crippen LogP contribution in [0.2, 0.25) is 0 Å². The van der Waals surface area contributed by atoms with E-state index in [-0.39, 0.29) is 18.2 Å². The molecular formula is C12H24N2O2. The summed E-state index contributed by atoms with van der Waals surface area (Å²) < 4.78 is 5.38. The molecule has 1 fully saturated rings. The van der Waals surface area contributed by atoms with E-state index in [4.69, 9.17) is 10.5 Å². The lowest BCUT2D eigenvalue weighted by Gasteiger charge is -2.30. The highest BCUT2D eigenvalue weighted by Gasteiger charge is 2.37. The zero-order valence-electron chi connectivity index (χ0n) is 11.0. The fraction of sp³-hybridized carbons (Fsp3) is 0.917. The van der Waals surface area contributed by atoms with E-state index >= 15 is 0 Å². The average molecular weight is 228 g/mol. The summed E-state index contributed by atoms with van der Waals surface area (Å²) in [5.74, 6) is 0.418. The Kier molecular flexibility index (Phi) is 3.84. The molecule has 2 unspecified atom stereocenters. The minimum absolute atomic E-state index is 0.0833. The van der Waals surface area contributed by atoms with Crippen molar-refractivity contribution in [3.8, 4) is 0 Å². The Morgan fingerprint density at radius 3 is 2.44 bits per heavy atom. The highest BCUT2D eigenvalue weighted by molar-refractivity contribution is 5.69. The van der Waals surface area contributed by atoms with Crippen molar-refractivity contribution in [3.05, 3.63) is 0 Å². The van der Waals surface area contributed by atoms with Crippen LogP contribution in [-0.2, 0) is 4.74 Å². The van der Waals surface area contributed by atoms with Gasteiger partial charge in [0.1, 0.15) is 5.60 Å². The molecule has 0 saturated carbocycles. The summed E-state index contributed by atoms with van der Waals surface area (Å²) in [5.41, 5.74) is 5.47. The van der Waals surface area contributed by atoms with Crippen LogP contribution in [0.4, 0.5) is 4.79 Å². The molecular weight excluding hydrogens is 204 g/mol. The molecule has 0 radical (unpaired) electrons. The molecule has 0 aromatic heterocycles. The third-order valence-corrected chi connectivity index (χ3v) is 2.77. The monoisotopic (exact) mass is 228 g/mol. The number of hydrogen-bond acceptors (Lipinski definition) is 3. The van der Waals surface area contributed by atoms with Gasteiger partial charge in [0, 0.05) is 18.6 Å². The molecule has 4 nitrogen and oxygen atoms in total. The number of rotatable bonds is 1. The molecule has 0 aromatic carbocycles. The van der Waals surface area contributed by atoms with Crippen molar-refractivity contribution in [1.29, 1.82) is 0 Å². The van der Waals surface area contributed by atoms with Crippen molar-refractivity contribution < 1.29 is 9.53 Å². The summed E-state index contributed by atoms with van der Waals surface area (Å²) in [4.78, 5) is 13.7. The average Bonchev–Trinajstić information content (AvgIpc) is 2.44. The number of carbonyl (C=O) groups excluding carboxylic acids is 1. The normalized spacial score (nSPS) is 26.3. The predicted octanol–water partition coefficient (Wildman–Crippen LogP) is 1.98. The molecule has 94 valence electrons. The standard InChI is InChI=1S/C12H24N2O2/c1-8(2)10-6-9(13)7-14(10)11(15)16-12(3,4)5/h8-10H,6-7,13H2,1-5H3. The number of likely N-dealkylation sites (tertiary alicyclic amines) is 1. The second-order valence-corrected chi connectivity index (χ2v) is 5.94. The molecule has 16 heavy (non-hydrogen) atoms. The van der Waals surface area contributed by atoms with E-state index in [0.29, 0.717) is 12.5 Å². The lowest BCUT2D eigenvalue weighted by Crippen LogP contribution is -2.42. The maximum absolute atomic E-state index is 12.0. The number of carbonyl (C=O) groups is 1. The van der Waals surface area contributed by atoms with Crippen molar-refractivity contribution in [2.75, 3.05) is 6.54 Å². The zero-order chi connectivity index (χ0) is 12.5. The summed E-state index contributed by atoms with van der Waals surface area (Å²) in [6.07, 6.45) is 0.635. The van der Waals surface area contributed by atoms with Crippen LogP contribution in [-0.4, -0.2) is 35.2 Å². The van der Waals surface area contributed by atoms with Gasteiger partial charge >= 0.3 is 6.09 Å². The van der Waals surface area contributed by atoms with Gasteiger partial charge < -0.3 is 15.4 Å². The van der Waals surface area contributed by atoms with Gasteiger partial charge in [-0.1, -0.05) is 13.8 Å². The first kappa shape index (κ1) is 13.3. The second-order valence-electron chi connectivity index (χ2n) is 5.94. The molecule has 0 aliphatic carbocycles. The molecule has 0 bridgehead atoms. The number of hydrogen-bond donors (Lipinski definition) is 1. The molecule has 1 rings (SSSR count). The van der Waals surface area contributed by atoms with Crippen LogP contribution in [0, 0.1) is 5.92 Å². The van der Waals surface area contributed by atoms with E-state index in [9.17, 15) is 4.79 Å². The van der Waals surface area contributed by atoms with Gasteiger partial charge in [0.15, 0.2) is 0 Å². The van der Waals surface area contributed by atoms with Crippen LogP contribution in [0.25, 0.3) is 0 Å². The minimum atomic E-state index is -0.439. The quantitative estimate of drug-likeness (QED) is 0.746. The van der Waals surface area contributed by atoms with E-state index in [1.807, 2.05) is 20.8 Å². The van der Waals surface area contributed by atoms with Crippen molar-refractivity contribution in [1.82, 2.24) is 4.90 Å². The van der Waals surface area contributed by atoms with Crippen molar-refractivity contribution in [2.24, 2.45) is 11.7 Å². The fourth-order valence-corrected chi connectivity index (χ4v) is 2.06. The molecule has 1 aliphatic rings. The van der Waals surface area contributed by atoms with Gasteiger partial charge in [-0.05, 0) is 33.1 Å². The van der Waals surface area contributed by atoms with E-state index in [1.54, 1.807) is 4.90 Å². The largest absolute Gasteiger partial charge is 0.444 e. The molecule has 4 heteroatoms. The van der Waals surface area contributed by atoms with Crippen molar-refractivity contribution >= 4 is 6.09 Å². The predicted molar refractivity (Wildman–Crippen MR) is 64.2 cm³/mol.